The average molecular weight is 371 g/mol. The largest absolute Gasteiger partial charge is 0.507 e. The Bertz CT molecular complexity index is 758. The van der Waals surface area contributed by atoms with Crippen molar-refractivity contribution < 1.29 is 19.4 Å². The van der Waals surface area contributed by atoms with Gasteiger partial charge in [-0.3, -0.25) is 4.79 Å². The maximum Gasteiger partial charge on any atom is 0.163 e. The molecule has 0 bridgehead atoms. The van der Waals surface area contributed by atoms with E-state index in [-0.39, 0.29) is 11.5 Å². The van der Waals surface area contributed by atoms with Crippen LogP contribution < -0.4 is 15.2 Å². The summed E-state index contributed by atoms with van der Waals surface area (Å²) in [7, 11) is 0. The molecule has 27 heavy (non-hydrogen) atoms. The van der Waals surface area contributed by atoms with E-state index in [1.165, 1.54) is 6.92 Å². The number of Topliss-reactive ketones (excluding diaryl/α,β-unsaturated/α-hetero) is 1. The molecule has 2 aromatic rings. The van der Waals surface area contributed by atoms with Crippen LogP contribution in [0, 0.1) is 0 Å². The number of nitrogen functional groups attached to an aromatic ring is 1. The van der Waals surface area contributed by atoms with Crippen molar-refractivity contribution >= 4 is 11.5 Å². The Morgan fingerprint density at radius 1 is 1.07 bits per heavy atom. The predicted octanol–water partition coefficient (Wildman–Crippen LogP) is 4.76. The lowest BCUT2D eigenvalue weighted by molar-refractivity contribution is 0.101. The molecule has 2 aromatic carbocycles. The highest BCUT2D eigenvalue weighted by Gasteiger charge is 2.15. The molecule has 0 unspecified atom stereocenters. The highest BCUT2D eigenvalue weighted by atomic mass is 16.5. The van der Waals surface area contributed by atoms with Crippen molar-refractivity contribution in [3.05, 3.63) is 47.5 Å². The molecule has 0 aliphatic rings. The number of anilines is 1. The fraction of sp³-hybridized carbons (Fsp3) is 0.409. The zero-order valence-corrected chi connectivity index (χ0v) is 16.2. The lowest BCUT2D eigenvalue weighted by Crippen LogP contribution is -2.04. The number of carbonyl (C=O) groups is 1. The highest BCUT2D eigenvalue weighted by molar-refractivity contribution is 5.97. The number of carbonyl (C=O) groups excluding carboxylic acids is 1. The van der Waals surface area contributed by atoms with Crippen molar-refractivity contribution in [2.45, 2.75) is 46.0 Å². The van der Waals surface area contributed by atoms with Crippen LogP contribution in [-0.2, 0) is 6.42 Å². The number of aromatic hydroxyl groups is 1. The average Bonchev–Trinajstić information content (AvgIpc) is 2.63. The first-order valence-corrected chi connectivity index (χ1v) is 9.49. The predicted molar refractivity (Wildman–Crippen MR) is 108 cm³/mol. The smallest absolute Gasteiger partial charge is 0.163 e. The number of hydrogen-bond acceptors (Lipinski definition) is 5. The second-order valence-corrected chi connectivity index (χ2v) is 6.57. The molecule has 5 nitrogen and oxygen atoms in total. The molecule has 0 spiro atoms. The molecule has 0 aromatic heterocycles. The van der Waals surface area contributed by atoms with Gasteiger partial charge in [0.25, 0.3) is 0 Å². The standard InChI is InChI=1S/C22H29NO4/c1-3-8-20-21(12-11-19(16(2)24)22(20)25)27-14-6-4-5-13-26-18-10-7-9-17(23)15-18/h7,9-12,15,25H,3-6,8,13-14,23H2,1-2H3. The van der Waals surface area contributed by atoms with E-state index in [9.17, 15) is 9.90 Å². The summed E-state index contributed by atoms with van der Waals surface area (Å²) >= 11 is 0. The van der Waals surface area contributed by atoms with Crippen LogP contribution in [0.25, 0.3) is 0 Å². The van der Waals surface area contributed by atoms with Crippen molar-refractivity contribution in [3.8, 4) is 17.2 Å². The molecule has 0 heterocycles. The number of ketones is 1. The molecule has 5 heteroatoms. The van der Waals surface area contributed by atoms with Gasteiger partial charge in [-0.2, -0.15) is 0 Å². The maximum atomic E-state index is 11.6. The fourth-order valence-corrected chi connectivity index (χ4v) is 2.89. The van der Waals surface area contributed by atoms with Gasteiger partial charge in [-0.25, -0.2) is 0 Å². The van der Waals surface area contributed by atoms with E-state index in [1.807, 2.05) is 31.2 Å². The third-order valence-corrected chi connectivity index (χ3v) is 4.29. The van der Waals surface area contributed by atoms with E-state index in [2.05, 4.69) is 0 Å². The third-order valence-electron chi connectivity index (χ3n) is 4.29. The first-order chi connectivity index (χ1) is 13.0. The summed E-state index contributed by atoms with van der Waals surface area (Å²) in [4.78, 5) is 11.6. The monoisotopic (exact) mass is 371 g/mol. The number of benzene rings is 2. The number of nitrogens with two attached hydrogens (primary N) is 1. The van der Waals surface area contributed by atoms with Gasteiger partial charge in [0.05, 0.1) is 18.8 Å². The molecule has 3 N–H and O–H groups in total. The van der Waals surface area contributed by atoms with Crippen molar-refractivity contribution in [3.63, 3.8) is 0 Å². The normalized spacial score (nSPS) is 10.6. The van der Waals surface area contributed by atoms with Crippen LogP contribution in [0.4, 0.5) is 5.69 Å². The van der Waals surface area contributed by atoms with Gasteiger partial charge in [-0.1, -0.05) is 19.4 Å². The molecule has 146 valence electrons. The number of phenols is 1. The van der Waals surface area contributed by atoms with Gasteiger partial charge >= 0.3 is 0 Å². The number of ether oxygens (including phenoxy) is 2. The molecular formula is C22H29NO4. The molecule has 0 amide bonds. The first-order valence-electron chi connectivity index (χ1n) is 9.49. The molecule has 0 atom stereocenters. The van der Waals surface area contributed by atoms with E-state index in [0.29, 0.717) is 36.6 Å². The Morgan fingerprint density at radius 2 is 1.81 bits per heavy atom. The van der Waals surface area contributed by atoms with Crippen LogP contribution in [0.5, 0.6) is 17.2 Å². The molecule has 0 saturated heterocycles. The van der Waals surface area contributed by atoms with Crippen molar-refractivity contribution in [1.29, 1.82) is 0 Å². The number of unbranched alkanes of at least 4 members (excludes halogenated alkanes) is 2. The Labute approximate surface area is 161 Å². The zero-order valence-electron chi connectivity index (χ0n) is 16.2. The number of rotatable bonds is 11. The Balaban J connectivity index is 1.76. The maximum absolute atomic E-state index is 11.6. The Morgan fingerprint density at radius 3 is 2.48 bits per heavy atom. The summed E-state index contributed by atoms with van der Waals surface area (Å²) in [6.45, 7) is 4.69. The van der Waals surface area contributed by atoms with Gasteiger partial charge in [-0.05, 0) is 56.9 Å². The van der Waals surface area contributed by atoms with Crippen molar-refractivity contribution in [2.75, 3.05) is 18.9 Å². The van der Waals surface area contributed by atoms with E-state index in [1.54, 1.807) is 12.1 Å². The van der Waals surface area contributed by atoms with Crippen molar-refractivity contribution in [2.24, 2.45) is 0 Å². The lowest BCUT2D eigenvalue weighted by atomic mass is 10.0. The summed E-state index contributed by atoms with van der Waals surface area (Å²) in [6, 6.07) is 10.8. The Kier molecular flexibility index (Phi) is 7.99. The second kappa shape index (κ2) is 10.5. The topological polar surface area (TPSA) is 81.8 Å². The third kappa shape index (κ3) is 6.20. The van der Waals surface area contributed by atoms with Crippen LogP contribution in [0.3, 0.4) is 0 Å². The second-order valence-electron chi connectivity index (χ2n) is 6.57. The van der Waals surface area contributed by atoms with E-state index < -0.39 is 0 Å². The highest BCUT2D eigenvalue weighted by Crippen LogP contribution is 2.33. The van der Waals surface area contributed by atoms with Gasteiger partial charge in [0.1, 0.15) is 17.2 Å². The van der Waals surface area contributed by atoms with Crippen LogP contribution in [0.1, 0.15) is 55.5 Å². The molecule has 0 fully saturated rings. The molecule has 0 aliphatic heterocycles. The molecule has 2 rings (SSSR count). The summed E-state index contributed by atoms with van der Waals surface area (Å²) in [6.07, 6.45) is 4.33. The SMILES string of the molecule is CCCc1c(OCCCCCOc2cccc(N)c2)ccc(C(C)=O)c1O. The van der Waals surface area contributed by atoms with Crippen LogP contribution in [0.15, 0.2) is 36.4 Å². The lowest BCUT2D eigenvalue weighted by Gasteiger charge is -2.14. The summed E-state index contributed by atoms with van der Waals surface area (Å²) in [5.41, 5.74) is 7.49. The van der Waals surface area contributed by atoms with Crippen molar-refractivity contribution in [1.82, 2.24) is 0 Å². The summed E-state index contributed by atoms with van der Waals surface area (Å²) in [5, 5.41) is 10.3. The van der Waals surface area contributed by atoms with Gasteiger partial charge < -0.3 is 20.3 Å². The molecular weight excluding hydrogens is 342 g/mol. The minimum Gasteiger partial charge on any atom is -0.507 e. The minimum absolute atomic E-state index is 0.0531. The summed E-state index contributed by atoms with van der Waals surface area (Å²) in [5.74, 6) is 1.36. The zero-order chi connectivity index (χ0) is 19.6. The molecule has 0 radical (unpaired) electrons. The number of hydrogen-bond donors (Lipinski definition) is 2. The van der Waals surface area contributed by atoms with Gasteiger partial charge in [-0.15, -0.1) is 0 Å². The quantitative estimate of drug-likeness (QED) is 0.338. The van der Waals surface area contributed by atoms with E-state index in [0.717, 1.165) is 37.0 Å². The molecule has 0 aliphatic carbocycles. The van der Waals surface area contributed by atoms with Crippen LogP contribution in [0.2, 0.25) is 0 Å². The van der Waals surface area contributed by atoms with Gasteiger partial charge in [0, 0.05) is 17.3 Å². The first kappa shape index (κ1) is 20.6. The number of phenolic OH excluding ortho intramolecular Hbond substituents is 1. The molecule has 0 saturated carbocycles. The van der Waals surface area contributed by atoms with Crippen LogP contribution in [-0.4, -0.2) is 24.1 Å². The van der Waals surface area contributed by atoms with Crippen LogP contribution >= 0.6 is 0 Å². The summed E-state index contributed by atoms with van der Waals surface area (Å²) < 4.78 is 11.5. The van der Waals surface area contributed by atoms with E-state index >= 15 is 0 Å². The fourth-order valence-electron chi connectivity index (χ4n) is 2.89. The van der Waals surface area contributed by atoms with Gasteiger partial charge in [0.15, 0.2) is 5.78 Å². The van der Waals surface area contributed by atoms with E-state index in [4.69, 9.17) is 15.2 Å². The van der Waals surface area contributed by atoms with Gasteiger partial charge in [0.2, 0.25) is 0 Å². The minimum atomic E-state index is -0.142. The Hall–Kier alpha value is -2.69.